The Balaban J connectivity index is 1.98. The third kappa shape index (κ3) is 3.21. The number of nitrogens with two attached hydrogens (primary N) is 1. The van der Waals surface area contributed by atoms with E-state index in [1.54, 1.807) is 0 Å². The van der Waals surface area contributed by atoms with Gasteiger partial charge in [0.15, 0.2) is 0 Å². The Morgan fingerprint density at radius 3 is 2.65 bits per heavy atom. The summed E-state index contributed by atoms with van der Waals surface area (Å²) in [6, 6.07) is 1.06. The van der Waals surface area contributed by atoms with Crippen molar-refractivity contribution in [1.29, 1.82) is 0 Å². The van der Waals surface area contributed by atoms with Gasteiger partial charge in [-0.05, 0) is 44.6 Å². The van der Waals surface area contributed by atoms with E-state index in [1.165, 1.54) is 44.9 Å². The van der Waals surface area contributed by atoms with Crippen molar-refractivity contribution >= 4 is 0 Å². The van der Waals surface area contributed by atoms with Gasteiger partial charge in [0.25, 0.3) is 0 Å². The highest BCUT2D eigenvalue weighted by atomic mass is 16.3. The van der Waals surface area contributed by atoms with Crippen LogP contribution in [0.1, 0.15) is 51.9 Å². The van der Waals surface area contributed by atoms with Gasteiger partial charge in [0.05, 0.1) is 6.61 Å². The largest absolute Gasteiger partial charge is 0.395 e. The highest BCUT2D eigenvalue weighted by Crippen LogP contribution is 2.35. The molecule has 2 aliphatic rings. The molecule has 0 radical (unpaired) electrons. The van der Waals surface area contributed by atoms with E-state index in [0.717, 1.165) is 6.54 Å². The molecule has 0 amide bonds. The molecular formula is C14H28N2O. The van der Waals surface area contributed by atoms with Gasteiger partial charge in [0.1, 0.15) is 0 Å². The number of piperidine rings is 1. The molecule has 1 saturated carbocycles. The number of likely N-dealkylation sites (tertiary alicyclic amines) is 1. The van der Waals surface area contributed by atoms with Crippen LogP contribution >= 0.6 is 0 Å². The van der Waals surface area contributed by atoms with Crippen LogP contribution in [0.15, 0.2) is 0 Å². The highest BCUT2D eigenvalue weighted by Gasteiger charge is 2.38. The van der Waals surface area contributed by atoms with Gasteiger partial charge in [0, 0.05) is 18.1 Å². The van der Waals surface area contributed by atoms with Crippen molar-refractivity contribution < 1.29 is 5.11 Å². The summed E-state index contributed by atoms with van der Waals surface area (Å²) >= 11 is 0. The molecule has 3 unspecified atom stereocenters. The standard InChI is InChI=1S/C14H28N2O/c1-2-5-12-6-3-4-9-16(12)13(10-17)14(15)11-7-8-11/h11-14,17H,2-10,15H2,1H3. The molecule has 3 heteroatoms. The molecule has 1 saturated heterocycles. The zero-order valence-electron chi connectivity index (χ0n) is 11.1. The molecule has 3 nitrogen and oxygen atoms in total. The minimum Gasteiger partial charge on any atom is -0.395 e. The summed E-state index contributed by atoms with van der Waals surface area (Å²) in [7, 11) is 0. The van der Waals surface area contributed by atoms with Crippen molar-refractivity contribution in [3.8, 4) is 0 Å². The molecule has 1 aliphatic carbocycles. The van der Waals surface area contributed by atoms with Crippen molar-refractivity contribution in [1.82, 2.24) is 4.90 Å². The highest BCUT2D eigenvalue weighted by molar-refractivity contribution is 4.95. The topological polar surface area (TPSA) is 49.5 Å². The summed E-state index contributed by atoms with van der Waals surface area (Å²) in [5.41, 5.74) is 6.32. The second kappa shape index (κ2) is 6.17. The predicted molar refractivity (Wildman–Crippen MR) is 70.8 cm³/mol. The van der Waals surface area contributed by atoms with E-state index in [1.807, 2.05) is 0 Å². The Labute approximate surface area is 105 Å². The maximum absolute atomic E-state index is 9.69. The minimum absolute atomic E-state index is 0.192. The monoisotopic (exact) mass is 240 g/mol. The minimum atomic E-state index is 0.192. The van der Waals surface area contributed by atoms with E-state index < -0.39 is 0 Å². The summed E-state index contributed by atoms with van der Waals surface area (Å²) in [5.74, 6) is 0.677. The van der Waals surface area contributed by atoms with E-state index in [9.17, 15) is 5.11 Å². The molecule has 2 rings (SSSR count). The van der Waals surface area contributed by atoms with Gasteiger partial charge in [-0.1, -0.05) is 19.8 Å². The summed E-state index contributed by atoms with van der Waals surface area (Å²) in [6.45, 7) is 3.62. The Morgan fingerprint density at radius 1 is 1.29 bits per heavy atom. The van der Waals surface area contributed by atoms with E-state index in [-0.39, 0.29) is 18.7 Å². The number of hydrogen-bond acceptors (Lipinski definition) is 3. The SMILES string of the molecule is CCCC1CCCCN1C(CO)C(N)C1CC1. The van der Waals surface area contributed by atoms with Gasteiger partial charge in [-0.15, -0.1) is 0 Å². The summed E-state index contributed by atoms with van der Waals surface area (Å²) in [4.78, 5) is 2.52. The van der Waals surface area contributed by atoms with Crippen LogP contribution in [-0.2, 0) is 0 Å². The van der Waals surface area contributed by atoms with Crippen molar-refractivity contribution in [2.75, 3.05) is 13.2 Å². The van der Waals surface area contributed by atoms with Gasteiger partial charge in [-0.25, -0.2) is 0 Å². The van der Waals surface area contributed by atoms with Crippen molar-refractivity contribution in [2.24, 2.45) is 11.7 Å². The Bertz CT molecular complexity index is 228. The Kier molecular flexibility index (Phi) is 4.83. The smallest absolute Gasteiger partial charge is 0.0602 e. The van der Waals surface area contributed by atoms with Crippen molar-refractivity contribution in [3.05, 3.63) is 0 Å². The second-order valence-electron chi connectivity index (χ2n) is 5.84. The van der Waals surface area contributed by atoms with Crippen LogP contribution in [0.5, 0.6) is 0 Å². The number of rotatable bonds is 6. The average molecular weight is 240 g/mol. The van der Waals surface area contributed by atoms with Gasteiger partial charge in [0.2, 0.25) is 0 Å². The van der Waals surface area contributed by atoms with Crippen LogP contribution in [0, 0.1) is 5.92 Å². The van der Waals surface area contributed by atoms with Crippen LogP contribution in [-0.4, -0.2) is 41.3 Å². The third-order valence-corrected chi connectivity index (χ3v) is 4.52. The molecule has 0 aromatic rings. The van der Waals surface area contributed by atoms with Crippen LogP contribution in [0.25, 0.3) is 0 Å². The maximum atomic E-state index is 9.69. The lowest BCUT2D eigenvalue weighted by Gasteiger charge is -2.43. The molecule has 1 aliphatic heterocycles. The maximum Gasteiger partial charge on any atom is 0.0602 e. The Hall–Kier alpha value is -0.120. The van der Waals surface area contributed by atoms with E-state index in [0.29, 0.717) is 12.0 Å². The van der Waals surface area contributed by atoms with Crippen LogP contribution in [0.2, 0.25) is 0 Å². The predicted octanol–water partition coefficient (Wildman–Crippen LogP) is 1.74. The first-order valence-electron chi connectivity index (χ1n) is 7.40. The Morgan fingerprint density at radius 2 is 2.06 bits per heavy atom. The lowest BCUT2D eigenvalue weighted by Crippen LogP contribution is -2.56. The molecule has 0 aromatic carbocycles. The van der Waals surface area contributed by atoms with Crippen LogP contribution in [0.3, 0.4) is 0 Å². The van der Waals surface area contributed by atoms with E-state index in [4.69, 9.17) is 5.73 Å². The van der Waals surface area contributed by atoms with Crippen molar-refractivity contribution in [2.45, 2.75) is 70.0 Å². The summed E-state index contributed by atoms with van der Waals surface area (Å²) in [6.07, 6.45) is 8.94. The molecule has 0 spiro atoms. The van der Waals surface area contributed by atoms with E-state index >= 15 is 0 Å². The fourth-order valence-electron chi connectivity index (χ4n) is 3.35. The summed E-state index contributed by atoms with van der Waals surface area (Å²) in [5, 5.41) is 9.69. The van der Waals surface area contributed by atoms with Crippen molar-refractivity contribution in [3.63, 3.8) is 0 Å². The number of aliphatic hydroxyl groups excluding tert-OH is 1. The van der Waals surface area contributed by atoms with Gasteiger partial charge >= 0.3 is 0 Å². The van der Waals surface area contributed by atoms with Gasteiger partial charge in [-0.2, -0.15) is 0 Å². The first-order valence-corrected chi connectivity index (χ1v) is 7.40. The molecule has 17 heavy (non-hydrogen) atoms. The lowest BCUT2D eigenvalue weighted by atomic mass is 9.93. The molecule has 0 bridgehead atoms. The zero-order chi connectivity index (χ0) is 12.3. The fraction of sp³-hybridized carbons (Fsp3) is 1.00. The second-order valence-corrected chi connectivity index (χ2v) is 5.84. The first kappa shape index (κ1) is 13.3. The van der Waals surface area contributed by atoms with Crippen LogP contribution < -0.4 is 5.73 Å². The number of hydrogen-bond donors (Lipinski definition) is 2. The molecule has 3 N–H and O–H groups in total. The number of nitrogens with zero attached hydrogens (tertiary/aromatic N) is 1. The fourth-order valence-corrected chi connectivity index (χ4v) is 3.35. The third-order valence-electron chi connectivity index (χ3n) is 4.52. The average Bonchev–Trinajstić information content (AvgIpc) is 3.16. The molecule has 1 heterocycles. The first-order chi connectivity index (χ1) is 8.27. The van der Waals surface area contributed by atoms with E-state index in [2.05, 4.69) is 11.8 Å². The molecule has 100 valence electrons. The molecule has 2 fully saturated rings. The molecule has 0 aromatic heterocycles. The molecule has 3 atom stereocenters. The zero-order valence-corrected chi connectivity index (χ0v) is 11.1. The van der Waals surface area contributed by atoms with Gasteiger partial charge in [-0.3, -0.25) is 4.90 Å². The van der Waals surface area contributed by atoms with Crippen LogP contribution in [0.4, 0.5) is 0 Å². The quantitative estimate of drug-likeness (QED) is 0.743. The summed E-state index contributed by atoms with van der Waals surface area (Å²) < 4.78 is 0. The normalized spacial score (nSPS) is 30.2. The number of aliphatic hydroxyl groups is 1. The van der Waals surface area contributed by atoms with Gasteiger partial charge < -0.3 is 10.8 Å². The molecular weight excluding hydrogens is 212 g/mol. The lowest BCUT2D eigenvalue weighted by molar-refractivity contribution is 0.0357.